The molecular weight excluding hydrogens is 516 g/mol. The van der Waals surface area contributed by atoms with Crippen molar-refractivity contribution in [2.45, 2.75) is 31.2 Å². The number of carbonyl (C=O) groups excluding carboxylic acids is 2. The monoisotopic (exact) mass is 543 g/mol. The van der Waals surface area contributed by atoms with Gasteiger partial charge in [-0.1, -0.05) is 18.2 Å². The number of likely N-dealkylation sites (tertiary alicyclic amines) is 1. The van der Waals surface area contributed by atoms with Crippen molar-refractivity contribution in [1.82, 2.24) is 9.80 Å². The minimum atomic E-state index is -5.14. The molecule has 206 valence electrons. The average molecular weight is 544 g/mol. The van der Waals surface area contributed by atoms with E-state index in [1.54, 1.807) is 29.2 Å². The highest BCUT2D eigenvalue weighted by molar-refractivity contribution is 5.97. The van der Waals surface area contributed by atoms with Gasteiger partial charge in [-0.25, -0.2) is 0 Å². The van der Waals surface area contributed by atoms with Crippen molar-refractivity contribution < 1.29 is 40.7 Å². The van der Waals surface area contributed by atoms with Crippen LogP contribution in [0.1, 0.15) is 34.3 Å². The zero-order valence-corrected chi connectivity index (χ0v) is 20.4. The smallest absolute Gasteiger partial charge is 0.379 e. The normalized spacial score (nSPS) is 17.9. The van der Waals surface area contributed by atoms with Crippen LogP contribution in [-0.2, 0) is 21.9 Å². The van der Waals surface area contributed by atoms with Crippen molar-refractivity contribution in [3.63, 3.8) is 0 Å². The van der Waals surface area contributed by atoms with E-state index in [4.69, 9.17) is 4.74 Å². The quantitative estimate of drug-likeness (QED) is 0.514. The lowest BCUT2D eigenvalue weighted by molar-refractivity contribution is -0.143. The Morgan fingerprint density at radius 2 is 1.50 bits per heavy atom. The molecule has 2 aromatic carbocycles. The molecular formula is C26H27F6N3O3. The number of nitrogens with zero attached hydrogens (tertiary/aromatic N) is 3. The number of anilines is 1. The van der Waals surface area contributed by atoms with E-state index < -0.39 is 35.0 Å². The summed E-state index contributed by atoms with van der Waals surface area (Å²) in [5, 5.41) is 0. The second-order valence-electron chi connectivity index (χ2n) is 9.27. The van der Waals surface area contributed by atoms with Crippen LogP contribution < -0.4 is 4.90 Å². The SMILES string of the molecule is O=C(c1ccc(C(F)(F)F)cc1C(F)(F)F)N1CCC(N(C(=O)CN2CCOCC2)c2ccccc2)CC1. The molecule has 0 unspecified atom stereocenters. The zero-order valence-electron chi connectivity index (χ0n) is 20.4. The summed E-state index contributed by atoms with van der Waals surface area (Å²) in [4.78, 5) is 31.2. The number of morpholine rings is 1. The fourth-order valence-electron chi connectivity index (χ4n) is 4.81. The van der Waals surface area contributed by atoms with Gasteiger partial charge >= 0.3 is 12.4 Å². The zero-order chi connectivity index (χ0) is 27.5. The number of benzene rings is 2. The van der Waals surface area contributed by atoms with E-state index in [9.17, 15) is 35.9 Å². The van der Waals surface area contributed by atoms with Crippen LogP contribution in [0.25, 0.3) is 0 Å². The van der Waals surface area contributed by atoms with Gasteiger partial charge in [0, 0.05) is 37.9 Å². The Morgan fingerprint density at radius 3 is 2.08 bits per heavy atom. The number of halogens is 6. The van der Waals surface area contributed by atoms with Gasteiger partial charge in [0.1, 0.15) is 0 Å². The molecule has 0 N–H and O–H groups in total. The summed E-state index contributed by atoms with van der Waals surface area (Å²) in [5.41, 5.74) is -3.24. The topological polar surface area (TPSA) is 53.1 Å². The molecule has 0 bridgehead atoms. The van der Waals surface area contributed by atoms with Crippen molar-refractivity contribution >= 4 is 17.5 Å². The molecule has 0 saturated carbocycles. The van der Waals surface area contributed by atoms with Crippen LogP contribution in [0.3, 0.4) is 0 Å². The minimum absolute atomic E-state index is 0.0264. The van der Waals surface area contributed by atoms with Crippen molar-refractivity contribution in [3.8, 4) is 0 Å². The fourth-order valence-corrected chi connectivity index (χ4v) is 4.81. The van der Waals surface area contributed by atoms with E-state index in [1.165, 1.54) is 4.90 Å². The third-order valence-electron chi connectivity index (χ3n) is 6.77. The molecule has 0 aromatic heterocycles. The van der Waals surface area contributed by atoms with E-state index in [1.807, 2.05) is 11.0 Å². The van der Waals surface area contributed by atoms with Gasteiger partial charge in [0.05, 0.1) is 36.4 Å². The number of amides is 2. The summed E-state index contributed by atoms with van der Waals surface area (Å²) in [7, 11) is 0. The standard InChI is InChI=1S/C26H27F6N3O3/c27-25(28,29)18-6-7-21(22(16-18)26(30,31)32)24(37)34-10-8-20(9-11-34)35(19-4-2-1-3-5-19)23(36)17-33-12-14-38-15-13-33/h1-7,16,20H,8-15,17H2. The van der Waals surface area contributed by atoms with Gasteiger partial charge in [-0.05, 0) is 43.2 Å². The molecule has 6 nitrogen and oxygen atoms in total. The second-order valence-corrected chi connectivity index (χ2v) is 9.27. The highest BCUT2D eigenvalue weighted by Gasteiger charge is 2.41. The number of para-hydroxylation sites is 1. The van der Waals surface area contributed by atoms with E-state index >= 15 is 0 Å². The maximum atomic E-state index is 13.6. The number of piperidine rings is 1. The number of alkyl halides is 6. The van der Waals surface area contributed by atoms with Crippen molar-refractivity contribution in [2.24, 2.45) is 0 Å². The van der Waals surface area contributed by atoms with Gasteiger partial charge in [-0.3, -0.25) is 14.5 Å². The Hall–Kier alpha value is -3.12. The largest absolute Gasteiger partial charge is 0.417 e. The average Bonchev–Trinajstić information content (AvgIpc) is 2.89. The Labute approximate surface area is 215 Å². The summed E-state index contributed by atoms with van der Waals surface area (Å²) < 4.78 is 85.1. The third-order valence-corrected chi connectivity index (χ3v) is 6.77. The molecule has 0 atom stereocenters. The molecule has 2 fully saturated rings. The second kappa shape index (κ2) is 11.3. The summed E-state index contributed by atoms with van der Waals surface area (Å²) in [6.07, 6.45) is -9.51. The lowest BCUT2D eigenvalue weighted by atomic mass is 9.98. The maximum absolute atomic E-state index is 13.6. The number of carbonyl (C=O) groups is 2. The molecule has 0 aliphatic carbocycles. The molecule has 12 heteroatoms. The molecule has 0 radical (unpaired) electrons. The van der Waals surface area contributed by atoms with Crippen LogP contribution in [0.2, 0.25) is 0 Å². The van der Waals surface area contributed by atoms with Crippen LogP contribution in [-0.4, -0.2) is 73.6 Å². The van der Waals surface area contributed by atoms with Crippen molar-refractivity contribution in [2.75, 3.05) is 50.8 Å². The van der Waals surface area contributed by atoms with E-state index in [2.05, 4.69) is 0 Å². The van der Waals surface area contributed by atoms with Crippen LogP contribution in [0.5, 0.6) is 0 Å². The maximum Gasteiger partial charge on any atom is 0.417 e. The van der Waals surface area contributed by atoms with Gasteiger partial charge in [0.25, 0.3) is 5.91 Å². The first-order valence-electron chi connectivity index (χ1n) is 12.2. The fraction of sp³-hybridized carbons (Fsp3) is 0.462. The van der Waals surface area contributed by atoms with E-state index in [0.717, 1.165) is 0 Å². The molecule has 2 aromatic rings. The third kappa shape index (κ3) is 6.47. The highest BCUT2D eigenvalue weighted by Crippen LogP contribution is 2.38. The number of hydrogen-bond donors (Lipinski definition) is 0. The first-order chi connectivity index (χ1) is 17.9. The van der Waals surface area contributed by atoms with Gasteiger partial charge in [0.2, 0.25) is 5.91 Å². The van der Waals surface area contributed by atoms with Crippen molar-refractivity contribution in [1.29, 1.82) is 0 Å². The Kier molecular flexibility index (Phi) is 8.31. The first kappa shape index (κ1) is 27.9. The summed E-state index contributed by atoms with van der Waals surface area (Å²) in [5.74, 6) is -1.12. The molecule has 2 saturated heterocycles. The molecule has 38 heavy (non-hydrogen) atoms. The van der Waals surface area contributed by atoms with Gasteiger partial charge in [-0.2, -0.15) is 26.3 Å². The highest BCUT2D eigenvalue weighted by atomic mass is 19.4. The predicted octanol–water partition coefficient (Wildman–Crippen LogP) is 4.69. The number of rotatable bonds is 5. The Balaban J connectivity index is 1.50. The Morgan fingerprint density at radius 1 is 0.868 bits per heavy atom. The predicted molar refractivity (Wildman–Crippen MR) is 127 cm³/mol. The number of hydrogen-bond acceptors (Lipinski definition) is 4. The first-order valence-corrected chi connectivity index (χ1v) is 12.2. The summed E-state index contributed by atoms with van der Waals surface area (Å²) in [6, 6.07) is 9.75. The van der Waals surface area contributed by atoms with Gasteiger partial charge < -0.3 is 14.5 Å². The van der Waals surface area contributed by atoms with E-state index in [0.29, 0.717) is 57.0 Å². The molecule has 0 spiro atoms. The number of ether oxygens (including phenoxy) is 1. The van der Waals surface area contributed by atoms with E-state index in [-0.39, 0.29) is 37.6 Å². The van der Waals surface area contributed by atoms with Gasteiger partial charge in [-0.15, -0.1) is 0 Å². The van der Waals surface area contributed by atoms with Crippen LogP contribution in [0, 0.1) is 0 Å². The van der Waals surface area contributed by atoms with Crippen LogP contribution >= 0.6 is 0 Å². The molecule has 2 aliphatic rings. The summed E-state index contributed by atoms with van der Waals surface area (Å²) in [6.45, 7) is 2.59. The lowest BCUT2D eigenvalue weighted by Gasteiger charge is -2.40. The molecule has 2 aliphatic heterocycles. The van der Waals surface area contributed by atoms with Crippen LogP contribution in [0.15, 0.2) is 48.5 Å². The van der Waals surface area contributed by atoms with Crippen molar-refractivity contribution in [3.05, 3.63) is 65.2 Å². The molecule has 4 rings (SSSR count). The summed E-state index contributed by atoms with van der Waals surface area (Å²) >= 11 is 0. The molecule has 2 heterocycles. The lowest BCUT2D eigenvalue weighted by Crippen LogP contribution is -2.52. The molecule has 2 amide bonds. The van der Waals surface area contributed by atoms with Gasteiger partial charge in [0.15, 0.2) is 0 Å². The minimum Gasteiger partial charge on any atom is -0.379 e. The Bertz CT molecular complexity index is 1130. The van der Waals surface area contributed by atoms with Crippen LogP contribution in [0.4, 0.5) is 32.0 Å².